The van der Waals surface area contributed by atoms with Crippen molar-refractivity contribution >= 4 is 18.4 Å². The number of nitrogens with one attached hydrogen (secondary N) is 1. The van der Waals surface area contributed by atoms with Crippen molar-refractivity contribution in [1.82, 2.24) is 14.9 Å². The second-order valence-electron chi connectivity index (χ2n) is 5.38. The van der Waals surface area contributed by atoms with Crippen LogP contribution in [-0.4, -0.2) is 47.5 Å². The fourth-order valence-corrected chi connectivity index (χ4v) is 2.67. The standard InChI is InChI=1S/C18H18N4O4S/c1-24-13-8-7-11(9-15(13)26-3)17-20-21-18(27)22(17)19-10-12-5-4-6-14(25-2)16(12)23/h4-10,23H,1-3H3,(H,21,27)/b19-10+. The Labute approximate surface area is 160 Å². The lowest BCUT2D eigenvalue weighted by molar-refractivity contribution is 0.355. The molecule has 140 valence electrons. The molecule has 0 unspecified atom stereocenters. The van der Waals surface area contributed by atoms with E-state index >= 15 is 0 Å². The maximum atomic E-state index is 10.2. The molecule has 8 nitrogen and oxygen atoms in total. The molecule has 3 rings (SSSR count). The van der Waals surface area contributed by atoms with Crippen LogP contribution in [0.1, 0.15) is 5.56 Å². The van der Waals surface area contributed by atoms with Crippen molar-refractivity contribution in [3.63, 3.8) is 0 Å². The Hall–Kier alpha value is -3.33. The molecule has 0 bridgehead atoms. The summed E-state index contributed by atoms with van der Waals surface area (Å²) in [5.74, 6) is 2.00. The third-order valence-electron chi connectivity index (χ3n) is 3.85. The summed E-state index contributed by atoms with van der Waals surface area (Å²) in [6.45, 7) is 0. The van der Waals surface area contributed by atoms with E-state index < -0.39 is 0 Å². The summed E-state index contributed by atoms with van der Waals surface area (Å²) < 4.78 is 17.4. The zero-order valence-corrected chi connectivity index (χ0v) is 15.8. The molecule has 0 fully saturated rings. The van der Waals surface area contributed by atoms with Crippen LogP contribution >= 0.6 is 12.2 Å². The molecule has 0 radical (unpaired) electrons. The van der Waals surface area contributed by atoms with Crippen molar-refractivity contribution in [3.05, 3.63) is 46.7 Å². The van der Waals surface area contributed by atoms with Crippen LogP contribution in [0.25, 0.3) is 11.4 Å². The average Bonchev–Trinajstić information content (AvgIpc) is 3.07. The monoisotopic (exact) mass is 386 g/mol. The summed E-state index contributed by atoms with van der Waals surface area (Å²) in [6.07, 6.45) is 1.48. The maximum absolute atomic E-state index is 10.2. The lowest BCUT2D eigenvalue weighted by Crippen LogP contribution is -1.97. The quantitative estimate of drug-likeness (QED) is 0.499. The summed E-state index contributed by atoms with van der Waals surface area (Å²) >= 11 is 5.27. The predicted octanol–water partition coefficient (Wildman–Crippen LogP) is 3.22. The number of rotatable bonds is 6. The first-order valence-electron chi connectivity index (χ1n) is 7.89. The Bertz CT molecular complexity index is 1040. The fraction of sp³-hybridized carbons (Fsp3) is 0.167. The second-order valence-corrected chi connectivity index (χ2v) is 5.76. The van der Waals surface area contributed by atoms with E-state index in [1.807, 2.05) is 6.07 Å². The summed E-state index contributed by atoms with van der Waals surface area (Å²) in [5.41, 5.74) is 1.21. The highest BCUT2D eigenvalue weighted by atomic mass is 32.1. The molecule has 0 saturated carbocycles. The Morgan fingerprint density at radius 3 is 2.52 bits per heavy atom. The van der Waals surface area contributed by atoms with E-state index in [-0.39, 0.29) is 5.75 Å². The fourth-order valence-electron chi connectivity index (χ4n) is 2.49. The molecule has 0 aliphatic carbocycles. The van der Waals surface area contributed by atoms with E-state index in [1.54, 1.807) is 44.6 Å². The Balaban J connectivity index is 2.02. The highest BCUT2D eigenvalue weighted by Crippen LogP contribution is 2.32. The molecule has 2 aromatic carbocycles. The summed E-state index contributed by atoms with van der Waals surface area (Å²) in [6, 6.07) is 10.5. The first-order valence-corrected chi connectivity index (χ1v) is 8.30. The molecule has 1 aromatic heterocycles. The Kier molecular flexibility index (Phi) is 5.41. The van der Waals surface area contributed by atoms with Gasteiger partial charge in [-0.3, -0.25) is 0 Å². The van der Waals surface area contributed by atoms with Crippen molar-refractivity contribution in [2.75, 3.05) is 21.3 Å². The van der Waals surface area contributed by atoms with Gasteiger partial charge in [-0.1, -0.05) is 6.07 Å². The van der Waals surface area contributed by atoms with Gasteiger partial charge in [-0.15, -0.1) is 0 Å². The topological polar surface area (TPSA) is 93.9 Å². The number of phenolic OH excluding ortho intramolecular Hbond substituents is 1. The number of phenols is 1. The third kappa shape index (κ3) is 3.63. The number of H-pyrrole nitrogens is 1. The van der Waals surface area contributed by atoms with Gasteiger partial charge >= 0.3 is 0 Å². The number of hydrogen-bond donors (Lipinski definition) is 2. The Morgan fingerprint density at radius 1 is 1.07 bits per heavy atom. The number of benzene rings is 2. The smallest absolute Gasteiger partial charge is 0.216 e. The molecule has 0 aliphatic rings. The van der Waals surface area contributed by atoms with Crippen molar-refractivity contribution in [2.24, 2.45) is 5.10 Å². The number of methoxy groups -OCH3 is 3. The summed E-state index contributed by atoms with van der Waals surface area (Å²) in [5, 5.41) is 21.5. The predicted molar refractivity (Wildman–Crippen MR) is 104 cm³/mol. The zero-order chi connectivity index (χ0) is 19.4. The highest BCUT2D eigenvalue weighted by Gasteiger charge is 2.12. The van der Waals surface area contributed by atoms with E-state index in [9.17, 15) is 5.11 Å². The van der Waals surface area contributed by atoms with Crippen LogP contribution < -0.4 is 14.2 Å². The minimum atomic E-state index is -0.00794. The highest BCUT2D eigenvalue weighted by molar-refractivity contribution is 7.71. The number of aromatic hydroxyl groups is 1. The molecule has 3 aromatic rings. The van der Waals surface area contributed by atoms with Gasteiger partial charge in [0, 0.05) is 11.1 Å². The van der Waals surface area contributed by atoms with Crippen LogP contribution in [0.3, 0.4) is 0 Å². The van der Waals surface area contributed by atoms with E-state index in [2.05, 4.69) is 15.3 Å². The number of hydrogen-bond acceptors (Lipinski definition) is 7. The number of para-hydroxylation sites is 1. The van der Waals surface area contributed by atoms with E-state index in [1.165, 1.54) is 18.0 Å². The van der Waals surface area contributed by atoms with Gasteiger partial charge < -0.3 is 19.3 Å². The van der Waals surface area contributed by atoms with E-state index in [0.717, 1.165) is 5.56 Å². The lowest BCUT2D eigenvalue weighted by Gasteiger charge is -2.09. The summed E-state index contributed by atoms with van der Waals surface area (Å²) in [7, 11) is 4.61. The second kappa shape index (κ2) is 7.92. The van der Waals surface area contributed by atoms with Gasteiger partial charge in [-0.2, -0.15) is 14.9 Å². The van der Waals surface area contributed by atoms with Crippen LogP contribution in [0.4, 0.5) is 0 Å². The first kappa shape index (κ1) is 18.5. The molecule has 0 aliphatic heterocycles. The first-order chi connectivity index (χ1) is 13.1. The number of aromatic nitrogens is 3. The molecule has 2 N–H and O–H groups in total. The minimum absolute atomic E-state index is 0.00794. The van der Waals surface area contributed by atoms with Crippen molar-refractivity contribution < 1.29 is 19.3 Å². The van der Waals surface area contributed by atoms with Gasteiger partial charge in [0.05, 0.1) is 27.5 Å². The maximum Gasteiger partial charge on any atom is 0.216 e. The molecule has 27 heavy (non-hydrogen) atoms. The lowest BCUT2D eigenvalue weighted by atomic mass is 10.2. The van der Waals surface area contributed by atoms with Gasteiger partial charge in [0.2, 0.25) is 4.77 Å². The van der Waals surface area contributed by atoms with E-state index in [4.69, 9.17) is 26.4 Å². The average molecular weight is 386 g/mol. The SMILES string of the molecule is COc1ccc(-c2n[nH]c(=S)n2/N=C/c2cccc(OC)c2O)cc1OC. The molecule has 0 spiro atoms. The molecule has 0 amide bonds. The number of nitrogens with zero attached hydrogens (tertiary/aromatic N) is 3. The zero-order valence-electron chi connectivity index (χ0n) is 15.0. The molecule has 0 saturated heterocycles. The normalized spacial score (nSPS) is 10.9. The molecule has 9 heteroatoms. The number of aromatic amines is 1. The molecule has 0 atom stereocenters. The van der Waals surface area contributed by atoms with Gasteiger partial charge in [0.1, 0.15) is 0 Å². The van der Waals surface area contributed by atoms with Crippen molar-refractivity contribution in [3.8, 4) is 34.4 Å². The van der Waals surface area contributed by atoms with Gasteiger partial charge in [0.25, 0.3) is 0 Å². The molecular weight excluding hydrogens is 368 g/mol. The number of ether oxygens (including phenoxy) is 3. The minimum Gasteiger partial charge on any atom is -0.504 e. The van der Waals surface area contributed by atoms with Crippen LogP contribution in [-0.2, 0) is 0 Å². The molecule has 1 heterocycles. The van der Waals surface area contributed by atoms with Crippen LogP contribution in [0, 0.1) is 4.77 Å². The summed E-state index contributed by atoms with van der Waals surface area (Å²) in [4.78, 5) is 0. The van der Waals surface area contributed by atoms with Gasteiger partial charge in [0.15, 0.2) is 28.8 Å². The third-order valence-corrected chi connectivity index (χ3v) is 4.12. The van der Waals surface area contributed by atoms with E-state index in [0.29, 0.717) is 33.4 Å². The molecular formula is C18H18N4O4S. The van der Waals surface area contributed by atoms with Crippen LogP contribution in [0.2, 0.25) is 0 Å². The van der Waals surface area contributed by atoms with Crippen molar-refractivity contribution in [2.45, 2.75) is 0 Å². The van der Waals surface area contributed by atoms with Crippen LogP contribution in [0.5, 0.6) is 23.0 Å². The van der Waals surface area contributed by atoms with Gasteiger partial charge in [-0.25, -0.2) is 5.10 Å². The largest absolute Gasteiger partial charge is 0.504 e. The Morgan fingerprint density at radius 2 is 1.81 bits per heavy atom. The van der Waals surface area contributed by atoms with Crippen LogP contribution in [0.15, 0.2) is 41.5 Å². The van der Waals surface area contributed by atoms with Crippen molar-refractivity contribution in [1.29, 1.82) is 0 Å². The van der Waals surface area contributed by atoms with Gasteiger partial charge in [-0.05, 0) is 42.5 Å².